The normalized spacial score (nSPS) is 28.7. The zero-order chi connectivity index (χ0) is 12.0. The van der Waals surface area contributed by atoms with Gasteiger partial charge >= 0.3 is 5.97 Å². The van der Waals surface area contributed by atoms with Crippen molar-refractivity contribution < 1.29 is 9.90 Å². The van der Waals surface area contributed by atoms with E-state index in [0.717, 1.165) is 12.8 Å². The van der Waals surface area contributed by atoms with E-state index in [-0.39, 0.29) is 5.92 Å². The zero-order valence-corrected chi connectivity index (χ0v) is 9.52. The summed E-state index contributed by atoms with van der Waals surface area (Å²) in [6.07, 6.45) is 3.27. The van der Waals surface area contributed by atoms with Crippen LogP contribution in [0, 0.1) is 5.92 Å². The van der Waals surface area contributed by atoms with Crippen molar-refractivity contribution in [2.24, 2.45) is 11.0 Å². The summed E-state index contributed by atoms with van der Waals surface area (Å²) in [7, 11) is 0. The highest BCUT2D eigenvalue weighted by Crippen LogP contribution is 2.35. The molecule has 0 bridgehead atoms. The van der Waals surface area contributed by atoms with Crippen molar-refractivity contribution in [3.05, 3.63) is 10.4 Å². The number of carboxylic acids is 1. The summed E-state index contributed by atoms with van der Waals surface area (Å²) < 4.78 is 0. The molecule has 0 aromatic heterocycles. The molecule has 0 aromatic rings. The van der Waals surface area contributed by atoms with Crippen LogP contribution in [-0.2, 0) is 4.79 Å². The van der Waals surface area contributed by atoms with Crippen LogP contribution in [-0.4, -0.2) is 29.7 Å². The Morgan fingerprint density at radius 1 is 1.75 bits per heavy atom. The SMILES string of the molecule is CC1CCCC1(NCCCN=[N+]=[N-])C(=O)O. The largest absolute Gasteiger partial charge is 0.480 e. The summed E-state index contributed by atoms with van der Waals surface area (Å²) in [5.74, 6) is -0.606. The molecule has 0 aliphatic heterocycles. The van der Waals surface area contributed by atoms with E-state index in [9.17, 15) is 9.90 Å². The molecule has 1 aliphatic carbocycles. The second kappa shape index (κ2) is 5.72. The fourth-order valence-corrected chi connectivity index (χ4v) is 2.34. The van der Waals surface area contributed by atoms with Gasteiger partial charge in [0.15, 0.2) is 0 Å². The molecular weight excluding hydrogens is 208 g/mol. The summed E-state index contributed by atoms with van der Waals surface area (Å²) in [5.41, 5.74) is 7.33. The van der Waals surface area contributed by atoms with Gasteiger partial charge in [-0.05, 0) is 37.3 Å². The summed E-state index contributed by atoms with van der Waals surface area (Å²) in [6.45, 7) is 2.96. The third-order valence-corrected chi connectivity index (χ3v) is 3.37. The third-order valence-electron chi connectivity index (χ3n) is 3.37. The lowest BCUT2D eigenvalue weighted by Gasteiger charge is -2.30. The molecular formula is C10H18N4O2. The quantitative estimate of drug-likeness (QED) is 0.313. The molecule has 2 unspecified atom stereocenters. The van der Waals surface area contributed by atoms with Gasteiger partial charge in [0.1, 0.15) is 5.54 Å². The Balaban J connectivity index is 2.46. The molecule has 0 saturated heterocycles. The molecule has 1 saturated carbocycles. The lowest BCUT2D eigenvalue weighted by Crippen LogP contribution is -2.54. The molecule has 0 aromatic carbocycles. The van der Waals surface area contributed by atoms with Gasteiger partial charge in [0, 0.05) is 11.5 Å². The van der Waals surface area contributed by atoms with Crippen molar-refractivity contribution in [2.45, 2.75) is 38.1 Å². The lowest BCUT2D eigenvalue weighted by atomic mass is 9.88. The van der Waals surface area contributed by atoms with Crippen LogP contribution in [0.2, 0.25) is 0 Å². The minimum Gasteiger partial charge on any atom is -0.480 e. The van der Waals surface area contributed by atoms with Crippen LogP contribution in [0.4, 0.5) is 0 Å². The average molecular weight is 226 g/mol. The van der Waals surface area contributed by atoms with Crippen LogP contribution in [0.1, 0.15) is 32.6 Å². The first-order valence-corrected chi connectivity index (χ1v) is 5.63. The van der Waals surface area contributed by atoms with E-state index < -0.39 is 11.5 Å². The second-order valence-corrected chi connectivity index (χ2v) is 4.30. The van der Waals surface area contributed by atoms with Crippen LogP contribution in [0.15, 0.2) is 5.11 Å². The highest BCUT2D eigenvalue weighted by Gasteiger charge is 2.46. The summed E-state index contributed by atoms with van der Waals surface area (Å²) in [6, 6.07) is 0. The Labute approximate surface area is 94.7 Å². The molecule has 1 aliphatic rings. The van der Waals surface area contributed by atoms with Crippen LogP contribution in [0.5, 0.6) is 0 Å². The molecule has 2 N–H and O–H groups in total. The lowest BCUT2D eigenvalue weighted by molar-refractivity contribution is -0.146. The molecule has 90 valence electrons. The Bertz CT molecular complexity index is 301. The van der Waals surface area contributed by atoms with Crippen molar-refractivity contribution in [3.63, 3.8) is 0 Å². The number of rotatable bonds is 6. The highest BCUT2D eigenvalue weighted by molar-refractivity contribution is 5.79. The van der Waals surface area contributed by atoms with Gasteiger partial charge in [-0.25, -0.2) is 0 Å². The summed E-state index contributed by atoms with van der Waals surface area (Å²) >= 11 is 0. The predicted molar refractivity (Wildman–Crippen MR) is 60.0 cm³/mol. The van der Waals surface area contributed by atoms with Gasteiger partial charge in [-0.3, -0.25) is 4.79 Å². The first kappa shape index (κ1) is 12.8. The number of nitrogens with zero attached hydrogens (tertiary/aromatic N) is 3. The minimum absolute atomic E-state index is 0.157. The minimum atomic E-state index is -0.768. The van der Waals surface area contributed by atoms with E-state index in [1.54, 1.807) is 0 Å². The number of azide groups is 1. The molecule has 16 heavy (non-hydrogen) atoms. The van der Waals surface area contributed by atoms with Gasteiger partial charge in [-0.2, -0.15) is 0 Å². The Morgan fingerprint density at radius 2 is 2.50 bits per heavy atom. The van der Waals surface area contributed by atoms with Gasteiger partial charge in [0.25, 0.3) is 0 Å². The van der Waals surface area contributed by atoms with Crippen LogP contribution >= 0.6 is 0 Å². The van der Waals surface area contributed by atoms with Gasteiger partial charge in [0.05, 0.1) is 0 Å². The molecule has 2 atom stereocenters. The Morgan fingerprint density at radius 3 is 3.00 bits per heavy atom. The third kappa shape index (κ3) is 2.65. The van der Waals surface area contributed by atoms with Crippen molar-refractivity contribution in [1.29, 1.82) is 0 Å². The number of carbonyl (C=O) groups is 1. The number of hydrogen-bond donors (Lipinski definition) is 2. The molecule has 0 heterocycles. The van der Waals surface area contributed by atoms with Gasteiger partial charge in [-0.15, -0.1) is 0 Å². The van der Waals surface area contributed by atoms with Gasteiger partial charge < -0.3 is 10.4 Å². The molecule has 0 spiro atoms. The number of carboxylic acid groups (broad SMARTS) is 1. The van der Waals surface area contributed by atoms with Crippen LogP contribution in [0.3, 0.4) is 0 Å². The number of nitrogens with one attached hydrogen (secondary N) is 1. The first-order chi connectivity index (χ1) is 7.63. The fourth-order valence-electron chi connectivity index (χ4n) is 2.34. The van der Waals surface area contributed by atoms with E-state index in [1.165, 1.54) is 0 Å². The summed E-state index contributed by atoms with van der Waals surface area (Å²) in [4.78, 5) is 14.0. The van der Waals surface area contributed by atoms with Crippen LogP contribution in [0.25, 0.3) is 10.4 Å². The molecule has 1 fully saturated rings. The van der Waals surface area contributed by atoms with Crippen LogP contribution < -0.4 is 5.32 Å². The fraction of sp³-hybridized carbons (Fsp3) is 0.900. The maximum Gasteiger partial charge on any atom is 0.324 e. The van der Waals surface area contributed by atoms with Gasteiger partial charge in [-0.1, -0.05) is 18.5 Å². The average Bonchev–Trinajstić information content (AvgIpc) is 2.61. The van der Waals surface area contributed by atoms with E-state index in [1.807, 2.05) is 6.92 Å². The molecule has 6 heteroatoms. The standard InChI is InChI=1S/C10H18N4O2/c1-8-4-2-5-10(8,9(15)16)12-6-3-7-13-14-11/h8,12H,2-7H2,1H3,(H,15,16). The number of hydrogen-bond acceptors (Lipinski definition) is 3. The van der Waals surface area contributed by atoms with E-state index in [4.69, 9.17) is 5.53 Å². The molecule has 0 radical (unpaired) electrons. The molecule has 0 amide bonds. The Hall–Kier alpha value is -1.26. The topological polar surface area (TPSA) is 98.1 Å². The van der Waals surface area contributed by atoms with Crippen molar-refractivity contribution in [2.75, 3.05) is 13.1 Å². The van der Waals surface area contributed by atoms with E-state index in [2.05, 4.69) is 15.3 Å². The van der Waals surface area contributed by atoms with Gasteiger partial charge in [0.2, 0.25) is 0 Å². The Kier molecular flexibility index (Phi) is 4.58. The smallest absolute Gasteiger partial charge is 0.324 e. The van der Waals surface area contributed by atoms with Crippen molar-refractivity contribution in [1.82, 2.24) is 5.32 Å². The predicted octanol–water partition coefficient (Wildman–Crippen LogP) is 1.92. The van der Waals surface area contributed by atoms with E-state index >= 15 is 0 Å². The maximum absolute atomic E-state index is 11.3. The second-order valence-electron chi connectivity index (χ2n) is 4.30. The maximum atomic E-state index is 11.3. The molecule has 6 nitrogen and oxygen atoms in total. The number of aliphatic carboxylic acids is 1. The first-order valence-electron chi connectivity index (χ1n) is 5.63. The zero-order valence-electron chi connectivity index (χ0n) is 9.52. The van der Waals surface area contributed by atoms with Crippen molar-refractivity contribution >= 4 is 5.97 Å². The highest BCUT2D eigenvalue weighted by atomic mass is 16.4. The van der Waals surface area contributed by atoms with Crippen molar-refractivity contribution in [3.8, 4) is 0 Å². The summed E-state index contributed by atoms with van der Waals surface area (Å²) in [5, 5.41) is 15.8. The molecule has 1 rings (SSSR count). The monoisotopic (exact) mass is 226 g/mol. The van der Waals surface area contributed by atoms with E-state index in [0.29, 0.717) is 25.9 Å².